The molecule has 37 heavy (non-hydrogen) atoms. The van der Waals surface area contributed by atoms with Gasteiger partial charge in [0.25, 0.3) is 5.91 Å². The van der Waals surface area contributed by atoms with Gasteiger partial charge in [-0.05, 0) is 80.3 Å². The fraction of sp³-hybridized carbons (Fsp3) is 0.367. The first-order chi connectivity index (χ1) is 17.5. The van der Waals surface area contributed by atoms with E-state index in [4.69, 9.17) is 0 Å². The molecule has 2 amide bonds. The van der Waals surface area contributed by atoms with E-state index in [-0.39, 0.29) is 22.5 Å². The number of nitrogens with zero attached hydrogens (tertiary/aromatic N) is 1. The van der Waals surface area contributed by atoms with Crippen LogP contribution < -0.4 is 10.6 Å². The molecule has 2 atom stereocenters. The number of nitrogens with one attached hydrogen (secondary N) is 2. The monoisotopic (exact) mass is 531 g/mol. The summed E-state index contributed by atoms with van der Waals surface area (Å²) in [5.41, 5.74) is 4.26. The van der Waals surface area contributed by atoms with Crippen LogP contribution in [0.2, 0.25) is 0 Å². The maximum Gasteiger partial charge on any atom is 0.255 e. The second-order valence-corrected chi connectivity index (χ2v) is 13.2. The van der Waals surface area contributed by atoms with Gasteiger partial charge in [-0.1, -0.05) is 44.5 Å². The van der Waals surface area contributed by atoms with Crippen molar-refractivity contribution in [2.75, 3.05) is 10.6 Å². The first kappa shape index (κ1) is 27.0. The Kier molecular flexibility index (Phi) is 8.11. The molecule has 1 aliphatic carbocycles. The predicted molar refractivity (Wildman–Crippen MR) is 154 cm³/mol. The minimum absolute atomic E-state index is 0.137. The van der Waals surface area contributed by atoms with Crippen molar-refractivity contribution in [1.82, 2.24) is 0 Å². The average molecular weight is 532 g/mol. The first-order valence-electron chi connectivity index (χ1n) is 12.6. The van der Waals surface area contributed by atoms with Crippen LogP contribution in [0.15, 0.2) is 53.4 Å². The van der Waals surface area contributed by atoms with Crippen LogP contribution in [-0.2, 0) is 17.6 Å². The quantitative estimate of drug-likeness (QED) is 0.324. The Bertz CT molecular complexity index is 1360. The maximum atomic E-state index is 13.1. The van der Waals surface area contributed by atoms with Crippen LogP contribution in [0.3, 0.4) is 0 Å². The number of anilines is 2. The summed E-state index contributed by atoms with van der Waals surface area (Å²) in [6.07, 6.45) is 2.91. The number of rotatable bonds is 6. The van der Waals surface area contributed by atoms with Crippen molar-refractivity contribution in [3.8, 4) is 6.07 Å². The molecule has 0 saturated heterocycles. The Labute approximate surface area is 227 Å². The van der Waals surface area contributed by atoms with Gasteiger partial charge in [0.15, 0.2) is 0 Å². The average Bonchev–Trinajstić information content (AvgIpc) is 3.19. The number of amides is 2. The molecule has 0 radical (unpaired) electrons. The molecule has 2 aromatic carbocycles. The molecule has 1 aromatic heterocycles. The summed E-state index contributed by atoms with van der Waals surface area (Å²) in [6.45, 7) is 10.6. The van der Waals surface area contributed by atoms with E-state index >= 15 is 0 Å². The number of hydrogen-bond donors (Lipinski definition) is 2. The number of carbonyl (C=O) groups excluding carboxylic acids is 2. The highest BCUT2D eigenvalue weighted by Gasteiger charge is 2.32. The normalized spacial score (nSPS) is 15.8. The summed E-state index contributed by atoms with van der Waals surface area (Å²) in [5, 5.41) is 16.1. The van der Waals surface area contributed by atoms with E-state index in [9.17, 15) is 14.9 Å². The van der Waals surface area contributed by atoms with Crippen molar-refractivity contribution in [3.05, 3.63) is 75.7 Å². The van der Waals surface area contributed by atoms with Gasteiger partial charge in [0.2, 0.25) is 5.91 Å². The summed E-state index contributed by atoms with van der Waals surface area (Å²) >= 11 is 2.98. The zero-order chi connectivity index (χ0) is 26.7. The zero-order valence-corrected chi connectivity index (χ0v) is 23.6. The van der Waals surface area contributed by atoms with Gasteiger partial charge in [-0.2, -0.15) is 5.26 Å². The van der Waals surface area contributed by atoms with Crippen molar-refractivity contribution in [2.24, 2.45) is 11.3 Å². The molecule has 0 bridgehead atoms. The lowest BCUT2D eigenvalue weighted by Gasteiger charge is -2.33. The van der Waals surface area contributed by atoms with Gasteiger partial charge in [0.1, 0.15) is 11.1 Å². The molecule has 192 valence electrons. The maximum absolute atomic E-state index is 13.1. The molecule has 1 heterocycles. The van der Waals surface area contributed by atoms with Crippen LogP contribution in [-0.4, -0.2) is 17.1 Å². The molecule has 0 saturated carbocycles. The Morgan fingerprint density at radius 1 is 1.14 bits per heavy atom. The van der Waals surface area contributed by atoms with E-state index in [0.29, 0.717) is 27.7 Å². The summed E-state index contributed by atoms with van der Waals surface area (Å²) in [4.78, 5) is 27.8. The molecule has 1 aliphatic rings. The third-order valence-electron chi connectivity index (χ3n) is 6.89. The minimum atomic E-state index is -0.379. The van der Waals surface area contributed by atoms with Gasteiger partial charge >= 0.3 is 0 Å². The van der Waals surface area contributed by atoms with E-state index < -0.39 is 0 Å². The highest BCUT2D eigenvalue weighted by Crippen LogP contribution is 2.44. The largest absolute Gasteiger partial charge is 0.322 e. The van der Waals surface area contributed by atoms with Gasteiger partial charge in [0, 0.05) is 21.0 Å². The highest BCUT2D eigenvalue weighted by molar-refractivity contribution is 8.00. The van der Waals surface area contributed by atoms with Crippen molar-refractivity contribution in [2.45, 2.75) is 64.0 Å². The minimum Gasteiger partial charge on any atom is -0.322 e. The van der Waals surface area contributed by atoms with Crippen LogP contribution in [0.1, 0.15) is 66.0 Å². The number of thiophene rings is 1. The molecule has 2 unspecified atom stereocenters. The number of nitriles is 1. The van der Waals surface area contributed by atoms with Crippen molar-refractivity contribution >= 4 is 45.6 Å². The Balaban J connectivity index is 1.42. The summed E-state index contributed by atoms with van der Waals surface area (Å²) in [6, 6.07) is 17.3. The second kappa shape index (κ2) is 11.1. The molecule has 0 aliphatic heterocycles. The van der Waals surface area contributed by atoms with Crippen LogP contribution in [0.4, 0.5) is 10.7 Å². The smallest absolute Gasteiger partial charge is 0.255 e. The van der Waals surface area contributed by atoms with Gasteiger partial charge < -0.3 is 10.6 Å². The lowest BCUT2D eigenvalue weighted by atomic mass is 9.72. The number of aryl methyl sites for hydroxylation is 1. The van der Waals surface area contributed by atoms with E-state index in [2.05, 4.69) is 37.5 Å². The number of hydrogen-bond acceptors (Lipinski definition) is 5. The van der Waals surface area contributed by atoms with Crippen molar-refractivity contribution in [1.29, 1.82) is 5.26 Å². The molecular weight excluding hydrogens is 498 g/mol. The summed E-state index contributed by atoms with van der Waals surface area (Å²) in [5.74, 6) is 0.264. The molecule has 2 N–H and O–H groups in total. The fourth-order valence-corrected chi connectivity index (χ4v) is 6.85. The van der Waals surface area contributed by atoms with E-state index in [1.165, 1.54) is 16.6 Å². The third-order valence-corrected chi connectivity index (χ3v) is 9.16. The highest BCUT2D eigenvalue weighted by atomic mass is 32.2. The lowest BCUT2D eigenvalue weighted by molar-refractivity contribution is -0.115. The van der Waals surface area contributed by atoms with E-state index in [0.717, 1.165) is 35.3 Å². The lowest BCUT2D eigenvalue weighted by Crippen LogP contribution is -2.26. The Morgan fingerprint density at radius 3 is 2.59 bits per heavy atom. The summed E-state index contributed by atoms with van der Waals surface area (Å²) < 4.78 is 0. The molecule has 7 heteroatoms. The van der Waals surface area contributed by atoms with E-state index in [1.54, 1.807) is 17.4 Å². The summed E-state index contributed by atoms with van der Waals surface area (Å²) in [7, 11) is 0. The van der Waals surface area contributed by atoms with E-state index in [1.807, 2.05) is 56.3 Å². The van der Waals surface area contributed by atoms with Crippen LogP contribution in [0.5, 0.6) is 0 Å². The van der Waals surface area contributed by atoms with Crippen molar-refractivity contribution in [3.63, 3.8) is 0 Å². The standard InChI is InChI=1S/C30H33N3O2S2/c1-18-8-6-9-20(14-18)28(35)32-22-10-7-11-23(16-22)36-19(2)27(34)33-29-25(17-31)24-13-12-21(30(3,4)5)15-26(24)37-29/h6-11,14,16,19,21H,12-13,15H2,1-5H3,(H,32,35)(H,33,34). The molecular formula is C30H33N3O2S2. The van der Waals surface area contributed by atoms with Gasteiger partial charge in [-0.25, -0.2) is 0 Å². The zero-order valence-electron chi connectivity index (χ0n) is 22.0. The number of thioether (sulfide) groups is 1. The van der Waals surface area contributed by atoms with Gasteiger partial charge in [0.05, 0.1) is 10.8 Å². The predicted octanol–water partition coefficient (Wildman–Crippen LogP) is 7.45. The third kappa shape index (κ3) is 6.44. The topological polar surface area (TPSA) is 82.0 Å². The molecule has 3 aromatic rings. The fourth-order valence-electron chi connectivity index (χ4n) is 4.64. The number of fused-ring (bicyclic) bond motifs is 1. The molecule has 0 spiro atoms. The van der Waals surface area contributed by atoms with Gasteiger partial charge in [-0.3, -0.25) is 9.59 Å². The van der Waals surface area contributed by atoms with Gasteiger partial charge in [-0.15, -0.1) is 23.1 Å². The first-order valence-corrected chi connectivity index (χ1v) is 14.2. The van der Waals surface area contributed by atoms with Crippen LogP contribution in [0.25, 0.3) is 0 Å². The second-order valence-electron chi connectivity index (χ2n) is 10.7. The van der Waals surface area contributed by atoms with Crippen molar-refractivity contribution < 1.29 is 9.59 Å². The molecule has 4 rings (SSSR count). The molecule has 0 fully saturated rings. The SMILES string of the molecule is Cc1cccc(C(=O)Nc2cccc(SC(C)C(=O)Nc3sc4c(c3C#N)CCC(C(C)(C)C)C4)c2)c1. The molecule has 5 nitrogen and oxygen atoms in total. The van der Waals surface area contributed by atoms with Crippen LogP contribution in [0, 0.1) is 29.6 Å². The van der Waals surface area contributed by atoms with Crippen LogP contribution >= 0.6 is 23.1 Å². The number of carbonyl (C=O) groups is 2. The Morgan fingerprint density at radius 2 is 1.89 bits per heavy atom. The number of benzene rings is 2. The Hall–Kier alpha value is -3.08.